The lowest BCUT2D eigenvalue weighted by molar-refractivity contribution is -0.125. The van der Waals surface area contributed by atoms with Crippen molar-refractivity contribution in [3.05, 3.63) is 64.2 Å². The van der Waals surface area contributed by atoms with Crippen molar-refractivity contribution in [2.75, 3.05) is 10.6 Å². The van der Waals surface area contributed by atoms with Crippen molar-refractivity contribution in [1.82, 2.24) is 5.16 Å². The molecule has 0 saturated carbocycles. The van der Waals surface area contributed by atoms with Crippen LogP contribution in [0.1, 0.15) is 53.4 Å². The van der Waals surface area contributed by atoms with Crippen molar-refractivity contribution in [1.29, 1.82) is 0 Å². The van der Waals surface area contributed by atoms with Crippen LogP contribution >= 0.6 is 11.3 Å². The summed E-state index contributed by atoms with van der Waals surface area (Å²) in [6.45, 7) is 8.86. The minimum Gasteiger partial charge on any atom is -0.443 e. The summed E-state index contributed by atoms with van der Waals surface area (Å²) in [6.07, 6.45) is -1.20. The van der Waals surface area contributed by atoms with E-state index >= 15 is 0 Å². The number of ether oxygens (including phenoxy) is 1. The fourth-order valence-electron chi connectivity index (χ4n) is 2.72. The van der Waals surface area contributed by atoms with Crippen molar-refractivity contribution >= 4 is 39.9 Å². The molecule has 168 valence electrons. The largest absolute Gasteiger partial charge is 0.443 e. The molecule has 0 bridgehead atoms. The van der Waals surface area contributed by atoms with Crippen LogP contribution in [0.15, 0.2) is 47.0 Å². The van der Waals surface area contributed by atoms with E-state index in [1.54, 1.807) is 77.1 Å². The number of carbonyl (C=O) groups is 3. The lowest BCUT2D eigenvalue weighted by Gasteiger charge is -2.17. The van der Waals surface area contributed by atoms with E-state index in [1.165, 1.54) is 0 Å². The maximum Gasteiger partial charge on any atom is 0.349 e. The fourth-order valence-corrected chi connectivity index (χ4v) is 3.67. The molecule has 0 aliphatic carbocycles. The molecule has 0 aliphatic rings. The van der Waals surface area contributed by atoms with Gasteiger partial charge >= 0.3 is 5.97 Å². The average Bonchev–Trinajstić information content (AvgIpc) is 3.30. The van der Waals surface area contributed by atoms with E-state index in [0.717, 1.165) is 11.3 Å². The van der Waals surface area contributed by atoms with Gasteiger partial charge in [-0.2, -0.15) is 0 Å². The van der Waals surface area contributed by atoms with Gasteiger partial charge in [0.15, 0.2) is 5.82 Å². The second kappa shape index (κ2) is 9.35. The number of hydrogen-bond donors (Lipinski definition) is 2. The molecule has 2 amide bonds. The zero-order valence-electron chi connectivity index (χ0n) is 18.5. The zero-order valence-corrected chi connectivity index (χ0v) is 19.3. The topological polar surface area (TPSA) is 111 Å². The second-order valence-corrected chi connectivity index (χ2v) is 9.39. The number of nitrogens with one attached hydrogen (secondary N) is 2. The molecule has 2 N–H and O–H groups in total. The fraction of sp³-hybridized carbons (Fsp3) is 0.304. The maximum absolute atomic E-state index is 13.0. The molecule has 8 nitrogen and oxygen atoms in total. The van der Waals surface area contributed by atoms with Gasteiger partial charge in [-0.15, -0.1) is 11.3 Å². The molecule has 0 radical (unpaired) electrons. The predicted octanol–water partition coefficient (Wildman–Crippen LogP) is 4.87. The highest BCUT2D eigenvalue weighted by atomic mass is 32.1. The summed E-state index contributed by atoms with van der Waals surface area (Å²) in [5.41, 5.74) is 0.576. The van der Waals surface area contributed by atoms with Crippen LogP contribution in [0, 0.1) is 19.3 Å². The summed E-state index contributed by atoms with van der Waals surface area (Å²) in [7, 11) is 0. The van der Waals surface area contributed by atoms with Crippen LogP contribution in [0.25, 0.3) is 0 Å². The van der Waals surface area contributed by atoms with Crippen molar-refractivity contribution in [3.8, 4) is 0 Å². The number of rotatable bonds is 6. The number of amides is 2. The molecule has 0 saturated heterocycles. The number of aromatic nitrogens is 1. The Bertz CT molecular complexity index is 1130. The number of esters is 1. The van der Waals surface area contributed by atoms with Crippen LogP contribution in [0.3, 0.4) is 0 Å². The number of aryl methyl sites for hydroxylation is 2. The summed E-state index contributed by atoms with van der Waals surface area (Å²) in [6, 6.07) is 12.0. The number of benzene rings is 1. The van der Waals surface area contributed by atoms with E-state index < -0.39 is 23.4 Å². The summed E-state index contributed by atoms with van der Waals surface area (Å²) in [4.78, 5) is 38.4. The van der Waals surface area contributed by atoms with E-state index in [1.807, 2.05) is 0 Å². The first-order valence-corrected chi connectivity index (χ1v) is 10.8. The van der Waals surface area contributed by atoms with E-state index in [4.69, 9.17) is 9.26 Å². The third-order valence-corrected chi connectivity index (χ3v) is 5.60. The van der Waals surface area contributed by atoms with Crippen LogP contribution in [0.4, 0.5) is 10.8 Å². The summed E-state index contributed by atoms with van der Waals surface area (Å²) < 4.78 is 10.6. The SMILES string of the molecule is Cc1cc(NC(=O)C(OC(=O)c2sc(NC(=O)C(C)(C)C)cc2C)c2ccccc2)no1. The first-order valence-electron chi connectivity index (χ1n) is 9.96. The molecule has 0 spiro atoms. The smallest absolute Gasteiger partial charge is 0.349 e. The highest BCUT2D eigenvalue weighted by Gasteiger charge is 2.29. The molecule has 2 heterocycles. The van der Waals surface area contributed by atoms with Gasteiger partial charge in [0.1, 0.15) is 10.6 Å². The van der Waals surface area contributed by atoms with Crippen molar-refractivity contribution in [2.24, 2.45) is 5.41 Å². The standard InChI is InChI=1S/C23H25N3O5S/c1-13-11-17(25-22(29)23(3,4)5)32-19(13)21(28)30-18(15-9-7-6-8-10-15)20(27)24-16-12-14(2)31-26-16/h6-12,18H,1-5H3,(H,25,29)(H,24,26,27). The molecular weight excluding hydrogens is 430 g/mol. The number of carbonyl (C=O) groups excluding carboxylic acids is 3. The van der Waals surface area contributed by atoms with Crippen LogP contribution < -0.4 is 10.6 Å². The van der Waals surface area contributed by atoms with E-state index in [9.17, 15) is 14.4 Å². The van der Waals surface area contributed by atoms with Gasteiger partial charge in [0.05, 0.1) is 5.00 Å². The van der Waals surface area contributed by atoms with Crippen LogP contribution in [0.5, 0.6) is 0 Å². The summed E-state index contributed by atoms with van der Waals surface area (Å²) in [5.74, 6) is -0.628. The van der Waals surface area contributed by atoms with Crippen molar-refractivity contribution in [2.45, 2.75) is 40.7 Å². The lowest BCUT2D eigenvalue weighted by atomic mass is 9.96. The highest BCUT2D eigenvalue weighted by molar-refractivity contribution is 7.18. The Labute approximate surface area is 189 Å². The van der Waals surface area contributed by atoms with Gasteiger partial charge in [-0.1, -0.05) is 56.3 Å². The van der Waals surface area contributed by atoms with E-state index in [2.05, 4.69) is 15.8 Å². The quantitative estimate of drug-likeness (QED) is 0.513. The average molecular weight is 456 g/mol. The first kappa shape index (κ1) is 23.2. The monoisotopic (exact) mass is 455 g/mol. The maximum atomic E-state index is 13.0. The predicted molar refractivity (Wildman–Crippen MR) is 122 cm³/mol. The first-order chi connectivity index (χ1) is 15.0. The highest BCUT2D eigenvalue weighted by Crippen LogP contribution is 2.31. The van der Waals surface area contributed by atoms with Gasteiger partial charge in [-0.25, -0.2) is 4.79 Å². The van der Waals surface area contributed by atoms with Crippen LogP contribution in [0.2, 0.25) is 0 Å². The van der Waals surface area contributed by atoms with Gasteiger partial charge in [0.2, 0.25) is 12.0 Å². The Morgan fingerprint density at radius 1 is 1.06 bits per heavy atom. The third kappa shape index (κ3) is 5.61. The molecule has 1 atom stereocenters. The minimum atomic E-state index is -1.20. The molecule has 2 aromatic heterocycles. The molecule has 32 heavy (non-hydrogen) atoms. The number of nitrogens with zero attached hydrogens (tertiary/aromatic N) is 1. The molecule has 9 heteroatoms. The molecule has 1 aromatic carbocycles. The Hall–Kier alpha value is -3.46. The molecule has 3 aromatic rings. The van der Waals surface area contributed by atoms with Gasteiger partial charge in [-0.05, 0) is 25.5 Å². The number of thiophene rings is 1. The van der Waals surface area contributed by atoms with E-state index in [0.29, 0.717) is 26.8 Å². The second-order valence-electron chi connectivity index (χ2n) is 8.33. The van der Waals surface area contributed by atoms with Crippen molar-refractivity contribution < 1.29 is 23.6 Å². The van der Waals surface area contributed by atoms with Gasteiger partial charge < -0.3 is 19.9 Å². The van der Waals surface area contributed by atoms with Crippen LogP contribution in [-0.4, -0.2) is 22.9 Å². The molecule has 0 aliphatic heterocycles. The zero-order chi connectivity index (χ0) is 23.5. The molecule has 3 rings (SSSR count). The molecule has 0 fully saturated rings. The Morgan fingerprint density at radius 3 is 2.34 bits per heavy atom. The Morgan fingerprint density at radius 2 is 1.75 bits per heavy atom. The summed E-state index contributed by atoms with van der Waals surface area (Å²) in [5, 5.41) is 9.70. The number of anilines is 2. The Kier molecular flexibility index (Phi) is 6.78. The van der Waals surface area contributed by atoms with Gasteiger partial charge in [-0.3, -0.25) is 9.59 Å². The minimum absolute atomic E-state index is 0.164. The third-order valence-electron chi connectivity index (χ3n) is 4.47. The summed E-state index contributed by atoms with van der Waals surface area (Å²) >= 11 is 1.10. The Balaban J connectivity index is 1.81. The van der Waals surface area contributed by atoms with Crippen molar-refractivity contribution in [3.63, 3.8) is 0 Å². The van der Waals surface area contributed by atoms with Gasteiger partial charge in [0, 0.05) is 17.0 Å². The lowest BCUT2D eigenvalue weighted by Crippen LogP contribution is -2.27. The van der Waals surface area contributed by atoms with Gasteiger partial charge in [0.25, 0.3) is 5.91 Å². The normalized spacial score (nSPS) is 12.2. The van der Waals surface area contributed by atoms with Crippen LogP contribution in [-0.2, 0) is 14.3 Å². The molecule has 1 unspecified atom stereocenters. The molecular formula is C23H25N3O5S. The number of hydrogen-bond acceptors (Lipinski definition) is 7. The van der Waals surface area contributed by atoms with E-state index in [-0.39, 0.29) is 11.7 Å².